The molecule has 1 atom stereocenters. The summed E-state index contributed by atoms with van der Waals surface area (Å²) in [6, 6.07) is 11.0. The van der Waals surface area contributed by atoms with Gasteiger partial charge in [-0.1, -0.05) is 25.5 Å². The molecule has 2 aromatic rings. The maximum absolute atomic E-state index is 13.4. The van der Waals surface area contributed by atoms with E-state index in [-0.39, 0.29) is 12.5 Å². The highest BCUT2D eigenvalue weighted by atomic mass is 32.2. The minimum atomic E-state index is -3.81. The summed E-state index contributed by atoms with van der Waals surface area (Å²) in [6.07, 6.45) is 2.71. The molecule has 0 aromatic heterocycles. The molecule has 2 aromatic carbocycles. The molecule has 0 radical (unpaired) electrons. The molecule has 0 spiro atoms. The van der Waals surface area contributed by atoms with Crippen LogP contribution in [0.3, 0.4) is 0 Å². The average Bonchev–Trinajstić information content (AvgIpc) is 2.81. The Morgan fingerprint density at radius 3 is 2.24 bits per heavy atom. The summed E-state index contributed by atoms with van der Waals surface area (Å²) >= 11 is 0. The number of methoxy groups -OCH3 is 1. The molecule has 186 valence electrons. The van der Waals surface area contributed by atoms with E-state index in [0.29, 0.717) is 23.5 Å². The van der Waals surface area contributed by atoms with E-state index in [0.717, 1.165) is 23.4 Å². The van der Waals surface area contributed by atoms with Crippen molar-refractivity contribution in [1.29, 1.82) is 0 Å². The fourth-order valence-corrected chi connectivity index (χ4v) is 4.12. The first kappa shape index (κ1) is 27.1. The number of anilines is 1. The number of ether oxygens (including phenoxy) is 1. The molecule has 2 rings (SSSR count). The molecule has 10 heteroatoms. The van der Waals surface area contributed by atoms with Gasteiger partial charge < -0.3 is 15.0 Å². The van der Waals surface area contributed by atoms with Gasteiger partial charge >= 0.3 is 0 Å². The summed E-state index contributed by atoms with van der Waals surface area (Å²) in [6.45, 7) is 3.57. The Labute approximate surface area is 200 Å². The molecule has 1 N–H and O–H groups in total. The summed E-state index contributed by atoms with van der Waals surface area (Å²) in [4.78, 5) is 27.4. The lowest BCUT2D eigenvalue weighted by Gasteiger charge is -2.31. The third-order valence-electron chi connectivity index (χ3n) is 5.30. The smallest absolute Gasteiger partial charge is 0.244 e. The molecule has 0 saturated heterocycles. The van der Waals surface area contributed by atoms with Crippen molar-refractivity contribution in [1.82, 2.24) is 10.2 Å². The lowest BCUT2D eigenvalue weighted by molar-refractivity contribution is -0.139. The third-order valence-corrected chi connectivity index (χ3v) is 6.44. The second-order valence-corrected chi connectivity index (χ2v) is 9.84. The van der Waals surface area contributed by atoms with Gasteiger partial charge in [-0.05, 0) is 55.3 Å². The summed E-state index contributed by atoms with van der Waals surface area (Å²) in [5, 5.41) is 2.80. The van der Waals surface area contributed by atoms with Gasteiger partial charge in [0.25, 0.3) is 0 Å². The van der Waals surface area contributed by atoms with Gasteiger partial charge in [-0.25, -0.2) is 12.8 Å². The fraction of sp³-hybridized carbons (Fsp3) is 0.417. The van der Waals surface area contributed by atoms with E-state index in [1.807, 2.05) is 6.92 Å². The standard InChI is InChI=1S/C24H32FN3O5S/c1-5-6-15-26-24(30)18(2)27(16-19-7-9-20(25)10-8-19)23(29)17-28(34(4,31)32)21-11-13-22(33-3)14-12-21/h7-14,18H,5-6,15-17H2,1-4H3,(H,26,30)/t18-/m1/s1. The van der Waals surface area contributed by atoms with Gasteiger partial charge in [0.15, 0.2) is 0 Å². The highest BCUT2D eigenvalue weighted by Crippen LogP contribution is 2.22. The minimum absolute atomic E-state index is 0.0156. The van der Waals surface area contributed by atoms with E-state index in [9.17, 15) is 22.4 Å². The molecule has 8 nitrogen and oxygen atoms in total. The number of hydrogen-bond acceptors (Lipinski definition) is 5. The molecule has 0 saturated carbocycles. The van der Waals surface area contributed by atoms with Gasteiger partial charge in [-0.3, -0.25) is 13.9 Å². The number of amides is 2. The first-order valence-electron chi connectivity index (χ1n) is 11.0. The van der Waals surface area contributed by atoms with E-state index < -0.39 is 34.3 Å². The first-order valence-corrected chi connectivity index (χ1v) is 12.8. The van der Waals surface area contributed by atoms with Crippen molar-refractivity contribution in [3.8, 4) is 5.75 Å². The Morgan fingerprint density at radius 2 is 1.71 bits per heavy atom. The molecule has 0 unspecified atom stereocenters. The van der Waals surface area contributed by atoms with Crippen LogP contribution in [-0.2, 0) is 26.2 Å². The number of sulfonamides is 1. The molecule has 0 aliphatic carbocycles. The van der Waals surface area contributed by atoms with Crippen LogP contribution in [-0.4, -0.2) is 57.6 Å². The maximum Gasteiger partial charge on any atom is 0.244 e. The molecular formula is C24H32FN3O5S. The van der Waals surface area contributed by atoms with Crippen molar-refractivity contribution in [2.24, 2.45) is 0 Å². The highest BCUT2D eigenvalue weighted by molar-refractivity contribution is 7.92. The Morgan fingerprint density at radius 1 is 1.09 bits per heavy atom. The molecular weight excluding hydrogens is 461 g/mol. The number of hydrogen-bond donors (Lipinski definition) is 1. The van der Waals surface area contributed by atoms with Gasteiger partial charge in [-0.15, -0.1) is 0 Å². The molecule has 0 aliphatic heterocycles. The highest BCUT2D eigenvalue weighted by Gasteiger charge is 2.30. The van der Waals surface area contributed by atoms with E-state index in [1.54, 1.807) is 31.2 Å². The quantitative estimate of drug-likeness (QED) is 0.459. The number of carbonyl (C=O) groups excluding carboxylic acids is 2. The van der Waals surface area contributed by atoms with Crippen LogP contribution >= 0.6 is 0 Å². The van der Waals surface area contributed by atoms with E-state index >= 15 is 0 Å². The second-order valence-electron chi connectivity index (χ2n) is 7.94. The normalized spacial score (nSPS) is 12.0. The van der Waals surface area contributed by atoms with Crippen LogP contribution in [0.2, 0.25) is 0 Å². The van der Waals surface area contributed by atoms with Gasteiger partial charge in [-0.2, -0.15) is 0 Å². The van der Waals surface area contributed by atoms with Crippen LogP contribution in [0.25, 0.3) is 0 Å². The Balaban J connectivity index is 2.32. The lowest BCUT2D eigenvalue weighted by atomic mass is 10.1. The largest absolute Gasteiger partial charge is 0.497 e. The van der Waals surface area contributed by atoms with Crippen LogP contribution in [0.1, 0.15) is 32.3 Å². The number of rotatable bonds is 12. The van der Waals surface area contributed by atoms with Crippen molar-refractivity contribution in [3.05, 3.63) is 59.9 Å². The molecule has 34 heavy (non-hydrogen) atoms. The summed E-state index contributed by atoms with van der Waals surface area (Å²) in [5.41, 5.74) is 0.900. The predicted molar refractivity (Wildman–Crippen MR) is 130 cm³/mol. The molecule has 0 fully saturated rings. The van der Waals surface area contributed by atoms with Crippen LogP contribution < -0.4 is 14.4 Å². The van der Waals surface area contributed by atoms with E-state index in [2.05, 4.69) is 5.32 Å². The van der Waals surface area contributed by atoms with Crippen molar-refractivity contribution in [3.63, 3.8) is 0 Å². The summed E-state index contributed by atoms with van der Waals surface area (Å²) in [5.74, 6) is -0.795. The molecule has 2 amide bonds. The Bertz CT molecular complexity index is 1060. The summed E-state index contributed by atoms with van der Waals surface area (Å²) in [7, 11) is -2.32. The molecule has 0 heterocycles. The number of carbonyl (C=O) groups is 2. The molecule has 0 bridgehead atoms. The van der Waals surface area contributed by atoms with Crippen molar-refractivity contribution in [2.45, 2.75) is 39.3 Å². The van der Waals surface area contributed by atoms with Gasteiger partial charge in [0.1, 0.15) is 24.2 Å². The third kappa shape index (κ3) is 7.72. The zero-order valence-electron chi connectivity index (χ0n) is 20.0. The second kappa shape index (κ2) is 12.4. The number of benzene rings is 2. The molecule has 0 aliphatic rings. The van der Waals surface area contributed by atoms with E-state index in [1.165, 1.54) is 36.3 Å². The van der Waals surface area contributed by atoms with Gasteiger partial charge in [0, 0.05) is 13.1 Å². The van der Waals surface area contributed by atoms with Crippen molar-refractivity contribution >= 4 is 27.5 Å². The van der Waals surface area contributed by atoms with Gasteiger partial charge in [0.2, 0.25) is 21.8 Å². The monoisotopic (exact) mass is 493 g/mol. The number of nitrogens with one attached hydrogen (secondary N) is 1. The maximum atomic E-state index is 13.4. The van der Waals surface area contributed by atoms with Crippen molar-refractivity contribution in [2.75, 3.05) is 30.8 Å². The van der Waals surface area contributed by atoms with Crippen LogP contribution in [0.15, 0.2) is 48.5 Å². The van der Waals surface area contributed by atoms with Crippen LogP contribution in [0.4, 0.5) is 10.1 Å². The lowest BCUT2D eigenvalue weighted by Crippen LogP contribution is -2.51. The van der Waals surface area contributed by atoms with Crippen LogP contribution in [0.5, 0.6) is 5.75 Å². The first-order chi connectivity index (χ1) is 16.1. The minimum Gasteiger partial charge on any atom is -0.497 e. The predicted octanol–water partition coefficient (Wildman–Crippen LogP) is 2.93. The zero-order chi connectivity index (χ0) is 25.3. The average molecular weight is 494 g/mol. The number of unbranched alkanes of at least 4 members (excludes halogenated alkanes) is 1. The number of nitrogens with zero attached hydrogens (tertiary/aromatic N) is 2. The topological polar surface area (TPSA) is 96.0 Å². The zero-order valence-corrected chi connectivity index (χ0v) is 20.8. The SMILES string of the molecule is CCCCNC(=O)[C@@H](C)N(Cc1ccc(F)cc1)C(=O)CN(c1ccc(OC)cc1)S(C)(=O)=O. The van der Waals surface area contributed by atoms with Gasteiger partial charge in [0.05, 0.1) is 19.1 Å². The van der Waals surface area contributed by atoms with E-state index in [4.69, 9.17) is 4.74 Å². The fourth-order valence-electron chi connectivity index (χ4n) is 3.27. The Kier molecular flexibility index (Phi) is 9.85. The summed E-state index contributed by atoms with van der Waals surface area (Å²) < 4.78 is 44.5. The van der Waals surface area contributed by atoms with Crippen molar-refractivity contribution < 1.29 is 27.1 Å². The number of halogens is 1. The van der Waals surface area contributed by atoms with Crippen LogP contribution in [0, 0.1) is 5.82 Å². The Hall–Kier alpha value is -3.14.